The third-order valence-electron chi connectivity index (χ3n) is 6.79. The minimum atomic E-state index is -1.97. The van der Waals surface area contributed by atoms with Gasteiger partial charge in [0.15, 0.2) is 26.5 Å². The molecule has 0 aliphatic carbocycles. The molecule has 2 saturated heterocycles. The summed E-state index contributed by atoms with van der Waals surface area (Å²) >= 11 is 0. The zero-order chi connectivity index (χ0) is 23.4. The van der Waals surface area contributed by atoms with Crippen molar-refractivity contribution in [3.05, 3.63) is 35.9 Å². The second-order valence-corrected chi connectivity index (χ2v) is 15.3. The Labute approximate surface area is 194 Å². The van der Waals surface area contributed by atoms with Crippen LogP contribution in [0.4, 0.5) is 0 Å². The van der Waals surface area contributed by atoms with Crippen molar-refractivity contribution in [1.82, 2.24) is 0 Å². The summed E-state index contributed by atoms with van der Waals surface area (Å²) in [6.45, 7) is 14.3. The van der Waals surface area contributed by atoms with Gasteiger partial charge < -0.3 is 23.4 Å². The lowest BCUT2D eigenvalue weighted by Gasteiger charge is -2.50. The van der Waals surface area contributed by atoms with Gasteiger partial charge in [0.05, 0.1) is 24.9 Å². The monoisotopic (exact) mass is 461 g/mol. The van der Waals surface area contributed by atoms with Gasteiger partial charge in [0.25, 0.3) is 0 Å². The van der Waals surface area contributed by atoms with E-state index in [1.165, 1.54) is 0 Å². The van der Waals surface area contributed by atoms with Gasteiger partial charge in [-0.25, -0.2) is 0 Å². The Morgan fingerprint density at radius 2 is 1.88 bits per heavy atom. The smallest absolute Gasteiger partial charge is 0.192 e. The molecule has 2 heterocycles. The van der Waals surface area contributed by atoms with Gasteiger partial charge in [-0.05, 0) is 43.5 Å². The molecule has 7 heteroatoms. The van der Waals surface area contributed by atoms with Gasteiger partial charge in [-0.15, -0.1) is 0 Å². The summed E-state index contributed by atoms with van der Waals surface area (Å²) in [6, 6.07) is 12.4. The lowest BCUT2D eigenvalue weighted by atomic mass is 9.92. The molecule has 0 amide bonds. The minimum Gasteiger partial charge on any atom is -0.414 e. The predicted octanol–water partition coefficient (Wildman–Crippen LogP) is 5.53. The average molecular weight is 462 g/mol. The molecule has 0 aromatic heterocycles. The lowest BCUT2D eigenvalue weighted by molar-refractivity contribution is -0.382. The fraction of sp³-hybridized carbons (Fsp3) is 0.720. The average Bonchev–Trinajstić information content (AvgIpc) is 2.70. The molecule has 2 aliphatic heterocycles. The van der Waals surface area contributed by atoms with E-state index < -0.39 is 26.5 Å². The molecule has 3 rings (SSSR count). The highest BCUT2D eigenvalue weighted by Crippen LogP contribution is 2.44. The molecule has 1 unspecified atom stereocenters. The van der Waals surface area contributed by atoms with Crippen molar-refractivity contribution in [2.45, 2.75) is 109 Å². The van der Waals surface area contributed by atoms with Gasteiger partial charge in [-0.3, -0.25) is 0 Å². The van der Waals surface area contributed by atoms with Crippen LogP contribution >= 0.6 is 0 Å². The van der Waals surface area contributed by atoms with Crippen LogP contribution in [0.1, 0.15) is 58.9 Å². The number of hydrogen-bond acceptors (Lipinski definition) is 6. The molecular weight excluding hydrogens is 422 g/mol. The molecule has 178 valence electrons. The van der Waals surface area contributed by atoms with Crippen LogP contribution in [0.15, 0.2) is 30.3 Å². The quantitative estimate of drug-likeness (QED) is 0.392. The summed E-state index contributed by atoms with van der Waals surface area (Å²) in [7, 11) is -1.97. The van der Waals surface area contributed by atoms with Crippen molar-refractivity contribution in [3.8, 4) is 6.07 Å². The van der Waals surface area contributed by atoms with Gasteiger partial charge in [0.1, 0.15) is 0 Å². The largest absolute Gasteiger partial charge is 0.414 e. The zero-order valence-corrected chi connectivity index (χ0v) is 21.4. The van der Waals surface area contributed by atoms with Gasteiger partial charge in [-0.1, -0.05) is 51.1 Å². The predicted molar refractivity (Wildman–Crippen MR) is 125 cm³/mol. The third-order valence-corrected chi connectivity index (χ3v) is 11.3. The summed E-state index contributed by atoms with van der Waals surface area (Å²) in [4.78, 5) is 0. The molecule has 0 saturated carbocycles. The molecule has 1 aromatic rings. The maximum absolute atomic E-state index is 9.50. The van der Waals surface area contributed by atoms with E-state index in [0.29, 0.717) is 26.1 Å². The number of benzene rings is 1. The number of hydrogen-bond donors (Lipinski definition) is 0. The van der Waals surface area contributed by atoms with Crippen LogP contribution in [0.3, 0.4) is 0 Å². The van der Waals surface area contributed by atoms with Gasteiger partial charge in [0.2, 0.25) is 0 Å². The third kappa shape index (κ3) is 6.63. The fourth-order valence-corrected chi connectivity index (χ4v) is 5.55. The van der Waals surface area contributed by atoms with Crippen LogP contribution in [0.5, 0.6) is 0 Å². The molecular formula is C25H39NO5Si. The second-order valence-electron chi connectivity index (χ2n) is 10.6. The lowest BCUT2D eigenvalue weighted by Crippen LogP contribution is -2.57. The van der Waals surface area contributed by atoms with Gasteiger partial charge in [0, 0.05) is 19.4 Å². The Morgan fingerprint density at radius 3 is 2.53 bits per heavy atom. The van der Waals surface area contributed by atoms with Crippen molar-refractivity contribution >= 4 is 8.32 Å². The number of nitrogens with zero attached hydrogens (tertiary/aromatic N) is 1. The highest BCUT2D eigenvalue weighted by atomic mass is 28.4. The normalized spacial score (nSPS) is 31.4. The van der Waals surface area contributed by atoms with Crippen molar-refractivity contribution in [2.24, 2.45) is 0 Å². The number of nitriles is 1. The molecule has 2 fully saturated rings. The Morgan fingerprint density at radius 1 is 1.16 bits per heavy atom. The van der Waals surface area contributed by atoms with Crippen LogP contribution in [-0.2, 0) is 30.0 Å². The Bertz CT molecular complexity index is 775. The minimum absolute atomic E-state index is 0.0217. The SMILES string of the molecule is C[C@@H]1OC(C#N)C[C@]2(C[C@@H](O[Si](C)(C)C(C)(C)C)C[C@@H](CCOCc3ccccc3)O2)O1. The van der Waals surface area contributed by atoms with Crippen molar-refractivity contribution in [3.63, 3.8) is 0 Å². The first kappa shape index (κ1) is 25.4. The Kier molecular flexibility index (Phi) is 8.19. The van der Waals surface area contributed by atoms with Crippen molar-refractivity contribution in [2.75, 3.05) is 6.61 Å². The number of ether oxygens (including phenoxy) is 4. The maximum atomic E-state index is 9.50. The summed E-state index contributed by atoms with van der Waals surface area (Å²) in [6.07, 6.45) is 1.50. The van der Waals surface area contributed by atoms with Gasteiger partial charge in [-0.2, -0.15) is 5.26 Å². The molecule has 1 aromatic carbocycles. The van der Waals surface area contributed by atoms with Crippen LogP contribution in [0.25, 0.3) is 0 Å². The standard InChI is InChI=1S/C25H39NO5Si/c1-19-28-23(17-26)16-25(29-19)15-22(31-32(5,6)24(2,3)4)14-21(30-25)12-13-27-18-20-10-8-7-9-11-20/h7-11,19,21-23H,12-16,18H2,1-6H3/t19-,21-,22+,23?,25-/m1/s1. The van der Waals surface area contributed by atoms with Crippen LogP contribution in [-0.4, -0.2) is 45.3 Å². The van der Waals surface area contributed by atoms with E-state index in [-0.39, 0.29) is 17.2 Å². The van der Waals surface area contributed by atoms with E-state index in [4.69, 9.17) is 23.4 Å². The molecule has 5 atom stereocenters. The summed E-state index contributed by atoms with van der Waals surface area (Å²) in [5, 5.41) is 9.62. The maximum Gasteiger partial charge on any atom is 0.192 e. The van der Waals surface area contributed by atoms with E-state index in [1.54, 1.807) is 0 Å². The van der Waals surface area contributed by atoms with Crippen LogP contribution in [0, 0.1) is 11.3 Å². The highest BCUT2D eigenvalue weighted by molar-refractivity contribution is 6.74. The van der Waals surface area contributed by atoms with Crippen LogP contribution < -0.4 is 0 Å². The molecule has 2 aliphatic rings. The first-order chi connectivity index (χ1) is 15.0. The molecule has 1 spiro atoms. The zero-order valence-electron chi connectivity index (χ0n) is 20.4. The van der Waals surface area contributed by atoms with Gasteiger partial charge >= 0.3 is 0 Å². The molecule has 0 bridgehead atoms. The molecule has 32 heavy (non-hydrogen) atoms. The Balaban J connectivity index is 1.67. The Hall–Kier alpha value is -1.27. The number of rotatable bonds is 7. The molecule has 6 nitrogen and oxygen atoms in total. The van der Waals surface area contributed by atoms with Crippen molar-refractivity contribution in [1.29, 1.82) is 5.26 Å². The topological polar surface area (TPSA) is 69.9 Å². The first-order valence-corrected chi connectivity index (χ1v) is 14.6. The summed E-state index contributed by atoms with van der Waals surface area (Å²) in [5.41, 5.74) is 1.16. The highest BCUT2D eigenvalue weighted by Gasteiger charge is 2.50. The molecule has 0 N–H and O–H groups in total. The van der Waals surface area contributed by atoms with Crippen molar-refractivity contribution < 1.29 is 23.4 Å². The van der Waals surface area contributed by atoms with E-state index in [1.807, 2.05) is 25.1 Å². The van der Waals surface area contributed by atoms with E-state index in [0.717, 1.165) is 18.4 Å². The summed E-state index contributed by atoms with van der Waals surface area (Å²) in [5.74, 6) is -0.854. The van der Waals surface area contributed by atoms with E-state index in [2.05, 4.69) is 52.1 Å². The molecule has 0 radical (unpaired) electrons. The van der Waals surface area contributed by atoms with Crippen LogP contribution in [0.2, 0.25) is 18.1 Å². The van der Waals surface area contributed by atoms with E-state index >= 15 is 0 Å². The fourth-order valence-electron chi connectivity index (χ4n) is 4.19. The first-order valence-electron chi connectivity index (χ1n) is 11.7. The second kappa shape index (κ2) is 10.3. The summed E-state index contributed by atoms with van der Waals surface area (Å²) < 4.78 is 31.0. The van der Waals surface area contributed by atoms with E-state index in [9.17, 15) is 5.26 Å².